The number of hydrogen-bond donors (Lipinski definition) is 1. The molecule has 1 amide bonds. The second-order valence-electron chi connectivity index (χ2n) is 8.47. The number of carbonyl (C=O) groups excluding carboxylic acids is 3. The molecule has 0 radical (unpaired) electrons. The third-order valence-electron chi connectivity index (χ3n) is 6.20. The summed E-state index contributed by atoms with van der Waals surface area (Å²) in [4.78, 5) is 39.8. The van der Waals surface area contributed by atoms with Gasteiger partial charge in [-0.1, -0.05) is 35.9 Å². The summed E-state index contributed by atoms with van der Waals surface area (Å²) in [6, 6.07) is 17.2. The number of nitrogens with zero attached hydrogens (tertiary/aromatic N) is 1. The Labute approximate surface area is 225 Å². The summed E-state index contributed by atoms with van der Waals surface area (Å²) in [6.07, 6.45) is 0. The van der Waals surface area contributed by atoms with Gasteiger partial charge in [0.25, 0.3) is 11.7 Å². The van der Waals surface area contributed by atoms with E-state index in [2.05, 4.69) is 0 Å². The zero-order valence-corrected chi connectivity index (χ0v) is 21.8. The maximum atomic E-state index is 13.3. The Morgan fingerprint density at radius 2 is 1.63 bits per heavy atom. The molecule has 1 saturated heterocycles. The molecule has 0 saturated carbocycles. The molecule has 0 bridgehead atoms. The number of aliphatic hydroxyl groups is 1. The lowest BCUT2D eigenvalue weighted by Gasteiger charge is -2.25. The number of ether oxygens (including phenoxy) is 3. The van der Waals surface area contributed by atoms with Crippen LogP contribution in [0.4, 0.5) is 0 Å². The van der Waals surface area contributed by atoms with Gasteiger partial charge in [0.05, 0.1) is 43.0 Å². The number of carbonyl (C=O) groups is 3. The second kappa shape index (κ2) is 11.4. The Kier molecular flexibility index (Phi) is 8.02. The Hall–Kier alpha value is -4.30. The molecule has 1 fully saturated rings. The van der Waals surface area contributed by atoms with Crippen molar-refractivity contribution < 1.29 is 33.7 Å². The van der Waals surface area contributed by atoms with Gasteiger partial charge in [0.1, 0.15) is 17.3 Å². The van der Waals surface area contributed by atoms with Crippen LogP contribution in [-0.4, -0.2) is 48.5 Å². The smallest absolute Gasteiger partial charge is 0.337 e. The lowest BCUT2D eigenvalue weighted by molar-refractivity contribution is -0.140. The van der Waals surface area contributed by atoms with Gasteiger partial charge < -0.3 is 24.2 Å². The molecule has 3 aromatic rings. The molecule has 38 heavy (non-hydrogen) atoms. The number of ketones is 1. The van der Waals surface area contributed by atoms with E-state index in [1.165, 1.54) is 25.2 Å². The van der Waals surface area contributed by atoms with Gasteiger partial charge in [-0.3, -0.25) is 9.59 Å². The van der Waals surface area contributed by atoms with Crippen LogP contribution in [0.25, 0.3) is 5.76 Å². The number of Topliss-reactive ketones (excluding diaryl/α,β-unsaturated/α-hetero) is 1. The SMILES string of the molecule is CCOc1cc(/C(O)=C2/C(=O)C(=O)N(Cc3ccc(C(=O)OC)cc3)C2c2ccc(OC)cc2)ccc1Cl. The van der Waals surface area contributed by atoms with E-state index in [0.717, 1.165) is 0 Å². The van der Waals surface area contributed by atoms with Gasteiger partial charge in [0.15, 0.2) is 0 Å². The number of hydrogen-bond acceptors (Lipinski definition) is 7. The summed E-state index contributed by atoms with van der Waals surface area (Å²) in [5.74, 6) is -1.46. The minimum atomic E-state index is -0.882. The third kappa shape index (κ3) is 5.21. The van der Waals surface area contributed by atoms with Crippen LogP contribution in [0.1, 0.15) is 40.0 Å². The van der Waals surface area contributed by atoms with E-state index in [9.17, 15) is 19.5 Å². The molecule has 0 aromatic heterocycles. The lowest BCUT2D eigenvalue weighted by atomic mass is 9.95. The average molecular weight is 536 g/mol. The van der Waals surface area contributed by atoms with Gasteiger partial charge >= 0.3 is 5.97 Å². The van der Waals surface area contributed by atoms with Crippen LogP contribution in [0.2, 0.25) is 5.02 Å². The molecule has 1 aliphatic heterocycles. The largest absolute Gasteiger partial charge is 0.507 e. The van der Waals surface area contributed by atoms with Crippen LogP contribution in [0.5, 0.6) is 11.5 Å². The van der Waals surface area contributed by atoms with E-state index in [1.807, 2.05) is 0 Å². The molecule has 1 heterocycles. The zero-order valence-electron chi connectivity index (χ0n) is 21.1. The van der Waals surface area contributed by atoms with Crippen LogP contribution in [0.15, 0.2) is 72.3 Å². The third-order valence-corrected chi connectivity index (χ3v) is 6.52. The summed E-state index contributed by atoms with van der Waals surface area (Å²) < 4.78 is 15.5. The van der Waals surface area contributed by atoms with Crippen molar-refractivity contribution in [3.05, 3.63) is 99.6 Å². The van der Waals surface area contributed by atoms with Crippen LogP contribution < -0.4 is 9.47 Å². The molecule has 0 aliphatic carbocycles. The molecule has 1 N–H and O–H groups in total. The molecule has 1 unspecified atom stereocenters. The Morgan fingerprint density at radius 3 is 2.24 bits per heavy atom. The molecule has 3 aromatic carbocycles. The fraction of sp³-hybridized carbons (Fsp3) is 0.207. The van der Waals surface area contributed by atoms with Crippen LogP contribution in [-0.2, 0) is 20.9 Å². The maximum Gasteiger partial charge on any atom is 0.337 e. The zero-order chi connectivity index (χ0) is 27.4. The Balaban J connectivity index is 1.81. The predicted molar refractivity (Wildman–Crippen MR) is 141 cm³/mol. The van der Waals surface area contributed by atoms with E-state index in [-0.39, 0.29) is 23.4 Å². The average Bonchev–Trinajstić information content (AvgIpc) is 3.18. The highest BCUT2D eigenvalue weighted by Gasteiger charge is 2.46. The minimum absolute atomic E-state index is 0.0591. The van der Waals surface area contributed by atoms with Crippen molar-refractivity contribution in [2.75, 3.05) is 20.8 Å². The number of esters is 1. The number of halogens is 1. The highest BCUT2D eigenvalue weighted by molar-refractivity contribution is 6.46. The normalized spacial score (nSPS) is 16.4. The van der Waals surface area contributed by atoms with Crippen molar-refractivity contribution in [3.63, 3.8) is 0 Å². The molecule has 1 aliphatic rings. The standard InChI is InChI=1S/C29H26ClNO7/c1-4-38-23-15-20(11-14-22(23)30)26(32)24-25(18-9-12-21(36-2)13-10-18)31(28(34)27(24)33)16-17-5-7-19(8-6-17)29(35)37-3/h5-15,25,32H,4,16H2,1-3H3/b26-24-. The first-order chi connectivity index (χ1) is 18.3. The van der Waals surface area contributed by atoms with Gasteiger partial charge in [-0.2, -0.15) is 0 Å². The molecule has 1 atom stereocenters. The van der Waals surface area contributed by atoms with Crippen LogP contribution in [0.3, 0.4) is 0 Å². The van der Waals surface area contributed by atoms with Gasteiger partial charge in [0.2, 0.25) is 0 Å². The van der Waals surface area contributed by atoms with Crippen molar-refractivity contribution >= 4 is 35.0 Å². The summed E-state index contributed by atoms with van der Waals surface area (Å²) in [6.45, 7) is 2.22. The highest BCUT2D eigenvalue weighted by Crippen LogP contribution is 2.41. The first-order valence-electron chi connectivity index (χ1n) is 11.8. The number of methoxy groups -OCH3 is 2. The summed E-state index contributed by atoms with van der Waals surface area (Å²) in [7, 11) is 2.83. The topological polar surface area (TPSA) is 102 Å². The van der Waals surface area contributed by atoms with E-state index >= 15 is 0 Å². The highest BCUT2D eigenvalue weighted by atomic mass is 35.5. The minimum Gasteiger partial charge on any atom is -0.507 e. The van der Waals surface area contributed by atoms with Crippen LogP contribution in [0, 0.1) is 0 Å². The fourth-order valence-electron chi connectivity index (χ4n) is 4.31. The fourth-order valence-corrected chi connectivity index (χ4v) is 4.48. The van der Waals surface area contributed by atoms with Crippen molar-refractivity contribution in [2.24, 2.45) is 0 Å². The van der Waals surface area contributed by atoms with Gasteiger partial charge in [-0.25, -0.2) is 4.79 Å². The van der Waals surface area contributed by atoms with E-state index in [4.69, 9.17) is 25.8 Å². The van der Waals surface area contributed by atoms with Crippen molar-refractivity contribution in [3.8, 4) is 11.5 Å². The molecule has 0 spiro atoms. The predicted octanol–water partition coefficient (Wildman–Crippen LogP) is 5.16. The number of benzene rings is 3. The quantitative estimate of drug-likeness (QED) is 0.184. The molecule has 9 heteroatoms. The number of amides is 1. The number of rotatable bonds is 8. The second-order valence-corrected chi connectivity index (χ2v) is 8.87. The van der Waals surface area contributed by atoms with Crippen molar-refractivity contribution in [2.45, 2.75) is 19.5 Å². The summed E-state index contributed by atoms with van der Waals surface area (Å²) in [5, 5.41) is 11.7. The van der Waals surface area contributed by atoms with Gasteiger partial charge in [0, 0.05) is 12.1 Å². The Bertz CT molecular complexity index is 1400. The molecule has 8 nitrogen and oxygen atoms in total. The van der Waals surface area contributed by atoms with E-state index in [0.29, 0.717) is 39.8 Å². The summed E-state index contributed by atoms with van der Waals surface area (Å²) in [5.41, 5.74) is 1.88. The van der Waals surface area contributed by atoms with Gasteiger partial charge in [-0.05, 0) is 60.5 Å². The summed E-state index contributed by atoms with van der Waals surface area (Å²) >= 11 is 6.20. The maximum absolute atomic E-state index is 13.3. The first-order valence-corrected chi connectivity index (χ1v) is 12.2. The number of aliphatic hydroxyl groups excluding tert-OH is 1. The van der Waals surface area contributed by atoms with E-state index in [1.54, 1.807) is 67.6 Å². The van der Waals surface area contributed by atoms with E-state index < -0.39 is 23.7 Å². The molecule has 4 rings (SSSR count). The molecular formula is C29H26ClNO7. The Morgan fingerprint density at radius 1 is 0.974 bits per heavy atom. The molecular weight excluding hydrogens is 510 g/mol. The monoisotopic (exact) mass is 535 g/mol. The lowest BCUT2D eigenvalue weighted by Crippen LogP contribution is -2.29. The molecule has 196 valence electrons. The number of likely N-dealkylation sites (tertiary alicyclic amines) is 1. The first kappa shape index (κ1) is 26.8. The van der Waals surface area contributed by atoms with Crippen LogP contribution >= 0.6 is 11.6 Å². The van der Waals surface area contributed by atoms with Gasteiger partial charge in [-0.15, -0.1) is 0 Å². The van der Waals surface area contributed by atoms with Crippen molar-refractivity contribution in [1.82, 2.24) is 4.90 Å². The van der Waals surface area contributed by atoms with Crippen molar-refractivity contribution in [1.29, 1.82) is 0 Å².